The third kappa shape index (κ3) is 4.84. The van der Waals surface area contributed by atoms with E-state index in [0.29, 0.717) is 32.7 Å². The second kappa shape index (κ2) is 9.07. The molecule has 0 unspecified atom stereocenters. The first-order valence-electron chi connectivity index (χ1n) is 9.07. The van der Waals surface area contributed by atoms with E-state index in [9.17, 15) is 9.18 Å². The van der Waals surface area contributed by atoms with Gasteiger partial charge < -0.3 is 10.1 Å². The highest BCUT2D eigenvalue weighted by atomic mass is 35.5. The zero-order chi connectivity index (χ0) is 20.9. The van der Waals surface area contributed by atoms with E-state index in [0.717, 1.165) is 5.56 Å². The molecule has 0 saturated carbocycles. The number of nitrogens with one attached hydrogen (secondary N) is 1. The average Bonchev–Trinajstić information content (AvgIpc) is 3.24. The minimum atomic E-state index is -0.313. The molecule has 0 bridgehead atoms. The number of aromatic nitrogens is 1. The Bertz CT molecular complexity index is 1200. The zero-order valence-electron chi connectivity index (χ0n) is 15.6. The molecule has 0 aliphatic rings. The van der Waals surface area contributed by atoms with Crippen LogP contribution in [0.1, 0.15) is 16.1 Å². The van der Waals surface area contributed by atoms with Crippen LogP contribution >= 0.6 is 22.9 Å². The van der Waals surface area contributed by atoms with Crippen LogP contribution in [0.4, 0.5) is 10.1 Å². The fourth-order valence-electron chi connectivity index (χ4n) is 2.77. The quantitative estimate of drug-likeness (QED) is 0.377. The molecule has 30 heavy (non-hydrogen) atoms. The van der Waals surface area contributed by atoms with Crippen LogP contribution in [0.15, 0.2) is 78.2 Å². The molecule has 4 rings (SSSR count). The summed E-state index contributed by atoms with van der Waals surface area (Å²) in [5.74, 6) is -0.0217. The first kappa shape index (κ1) is 20.1. The van der Waals surface area contributed by atoms with Crippen molar-refractivity contribution in [1.82, 2.24) is 4.98 Å². The summed E-state index contributed by atoms with van der Waals surface area (Å²) in [6.07, 6.45) is 0. The molecular formula is C23H16ClFN2O2S. The van der Waals surface area contributed by atoms with Crippen molar-refractivity contribution in [2.24, 2.45) is 0 Å². The van der Waals surface area contributed by atoms with Crippen molar-refractivity contribution in [2.75, 3.05) is 5.32 Å². The van der Waals surface area contributed by atoms with Gasteiger partial charge in [-0.15, -0.1) is 11.3 Å². The van der Waals surface area contributed by atoms with E-state index in [1.54, 1.807) is 53.9 Å². The van der Waals surface area contributed by atoms with Crippen molar-refractivity contribution >= 4 is 34.5 Å². The smallest absolute Gasteiger partial charge is 0.275 e. The predicted molar refractivity (Wildman–Crippen MR) is 118 cm³/mol. The maximum absolute atomic E-state index is 13.8. The minimum Gasteiger partial charge on any atom is -0.489 e. The van der Waals surface area contributed by atoms with Crippen LogP contribution in [0.2, 0.25) is 5.02 Å². The van der Waals surface area contributed by atoms with E-state index in [1.165, 1.54) is 17.4 Å². The lowest BCUT2D eigenvalue weighted by Crippen LogP contribution is -2.12. The van der Waals surface area contributed by atoms with Crippen molar-refractivity contribution in [3.63, 3.8) is 0 Å². The van der Waals surface area contributed by atoms with E-state index in [1.807, 2.05) is 18.2 Å². The highest BCUT2D eigenvalue weighted by Crippen LogP contribution is 2.28. The van der Waals surface area contributed by atoms with Gasteiger partial charge in [0.2, 0.25) is 0 Å². The molecule has 0 saturated heterocycles. The van der Waals surface area contributed by atoms with Gasteiger partial charge in [0.05, 0.1) is 0 Å². The largest absolute Gasteiger partial charge is 0.489 e. The molecule has 4 nitrogen and oxygen atoms in total. The molecule has 1 N–H and O–H groups in total. The van der Waals surface area contributed by atoms with Gasteiger partial charge in [-0.1, -0.05) is 48.0 Å². The summed E-state index contributed by atoms with van der Waals surface area (Å²) < 4.78 is 19.5. The Morgan fingerprint density at radius 3 is 2.73 bits per heavy atom. The lowest BCUT2D eigenvalue weighted by atomic mass is 10.2. The van der Waals surface area contributed by atoms with E-state index >= 15 is 0 Å². The van der Waals surface area contributed by atoms with E-state index < -0.39 is 0 Å². The molecule has 0 spiro atoms. The molecule has 7 heteroatoms. The Morgan fingerprint density at radius 2 is 1.90 bits per heavy atom. The molecule has 0 aliphatic heterocycles. The molecule has 0 radical (unpaired) electrons. The Balaban J connectivity index is 1.46. The number of benzene rings is 3. The molecule has 3 aromatic carbocycles. The van der Waals surface area contributed by atoms with Crippen LogP contribution in [0.5, 0.6) is 5.75 Å². The first-order chi connectivity index (χ1) is 14.6. The Morgan fingerprint density at radius 1 is 1.07 bits per heavy atom. The van der Waals surface area contributed by atoms with Crippen LogP contribution in [-0.2, 0) is 6.61 Å². The Hall–Kier alpha value is -3.22. The molecule has 150 valence electrons. The first-order valence-corrected chi connectivity index (χ1v) is 10.3. The van der Waals surface area contributed by atoms with Crippen LogP contribution < -0.4 is 10.1 Å². The lowest BCUT2D eigenvalue weighted by Gasteiger charge is -2.08. The minimum absolute atomic E-state index is 0.126. The number of ether oxygens (including phenoxy) is 1. The number of rotatable bonds is 6. The van der Waals surface area contributed by atoms with Gasteiger partial charge in [0.1, 0.15) is 28.9 Å². The number of hydrogen-bond donors (Lipinski definition) is 1. The summed E-state index contributed by atoms with van der Waals surface area (Å²) in [7, 11) is 0. The number of hydrogen-bond acceptors (Lipinski definition) is 4. The standard InChI is InChI=1S/C23H16ClFN2O2S/c24-17-7-4-8-18(12-17)26-22(28)21-14-30-23(27-21)15-6-3-9-19(11-15)29-13-16-5-1-2-10-20(16)25/h1-12,14H,13H2,(H,26,28). The van der Waals surface area contributed by atoms with Gasteiger partial charge >= 0.3 is 0 Å². The summed E-state index contributed by atoms with van der Waals surface area (Å²) in [6, 6.07) is 20.8. The van der Waals surface area contributed by atoms with Crippen molar-refractivity contribution in [3.8, 4) is 16.3 Å². The van der Waals surface area contributed by atoms with Gasteiger partial charge in [0.25, 0.3) is 5.91 Å². The van der Waals surface area contributed by atoms with Crippen LogP contribution in [0, 0.1) is 5.82 Å². The number of nitrogens with zero attached hydrogens (tertiary/aromatic N) is 1. The average molecular weight is 439 g/mol. The van der Waals surface area contributed by atoms with Crippen molar-refractivity contribution < 1.29 is 13.9 Å². The molecule has 0 atom stereocenters. The van der Waals surface area contributed by atoms with E-state index in [2.05, 4.69) is 10.3 Å². The summed E-state index contributed by atoms with van der Waals surface area (Å²) in [5.41, 5.74) is 2.21. The van der Waals surface area contributed by atoms with Crippen molar-refractivity contribution in [1.29, 1.82) is 0 Å². The molecule has 1 heterocycles. The highest BCUT2D eigenvalue weighted by molar-refractivity contribution is 7.13. The molecule has 0 aliphatic carbocycles. The number of carbonyl (C=O) groups is 1. The SMILES string of the molecule is O=C(Nc1cccc(Cl)c1)c1csc(-c2cccc(OCc3ccccc3F)c2)n1. The Labute approximate surface area is 181 Å². The van der Waals surface area contributed by atoms with Crippen molar-refractivity contribution in [2.45, 2.75) is 6.61 Å². The topological polar surface area (TPSA) is 51.2 Å². The number of amides is 1. The normalized spacial score (nSPS) is 10.6. The molecule has 1 aromatic heterocycles. The number of halogens is 2. The summed E-state index contributed by atoms with van der Waals surface area (Å²) in [6.45, 7) is 0.126. The van der Waals surface area contributed by atoms with Gasteiger partial charge in [-0.3, -0.25) is 4.79 Å². The van der Waals surface area contributed by atoms with Gasteiger partial charge in [-0.25, -0.2) is 9.37 Å². The third-order valence-corrected chi connectivity index (χ3v) is 5.38. The van der Waals surface area contributed by atoms with Crippen LogP contribution in [0.3, 0.4) is 0 Å². The number of thiazole rings is 1. The monoisotopic (exact) mass is 438 g/mol. The highest BCUT2D eigenvalue weighted by Gasteiger charge is 2.13. The molecule has 1 amide bonds. The maximum Gasteiger partial charge on any atom is 0.275 e. The fourth-order valence-corrected chi connectivity index (χ4v) is 3.75. The fraction of sp³-hybridized carbons (Fsp3) is 0.0435. The summed E-state index contributed by atoms with van der Waals surface area (Å²) >= 11 is 7.31. The summed E-state index contributed by atoms with van der Waals surface area (Å²) in [4.78, 5) is 16.9. The van der Waals surface area contributed by atoms with E-state index in [-0.39, 0.29) is 18.3 Å². The van der Waals surface area contributed by atoms with Crippen molar-refractivity contribution in [3.05, 3.63) is 100 Å². The molecule has 4 aromatic rings. The summed E-state index contributed by atoms with van der Waals surface area (Å²) in [5, 5.41) is 5.70. The Kier molecular flexibility index (Phi) is 6.07. The second-order valence-corrected chi connectivity index (χ2v) is 7.70. The molecular weight excluding hydrogens is 423 g/mol. The second-order valence-electron chi connectivity index (χ2n) is 6.41. The predicted octanol–water partition coefficient (Wildman–Crippen LogP) is 6.43. The van der Waals surface area contributed by atoms with Gasteiger partial charge in [-0.05, 0) is 36.4 Å². The van der Waals surface area contributed by atoms with Gasteiger partial charge in [-0.2, -0.15) is 0 Å². The molecule has 0 fully saturated rings. The van der Waals surface area contributed by atoms with Crippen LogP contribution in [-0.4, -0.2) is 10.9 Å². The maximum atomic E-state index is 13.8. The number of carbonyl (C=O) groups excluding carboxylic acids is 1. The van der Waals surface area contributed by atoms with E-state index in [4.69, 9.17) is 16.3 Å². The third-order valence-electron chi connectivity index (χ3n) is 4.25. The lowest BCUT2D eigenvalue weighted by molar-refractivity contribution is 0.102. The van der Waals surface area contributed by atoms with Gasteiger partial charge in [0, 0.05) is 27.2 Å². The van der Waals surface area contributed by atoms with Gasteiger partial charge in [0.15, 0.2) is 0 Å². The zero-order valence-corrected chi connectivity index (χ0v) is 17.2. The van der Waals surface area contributed by atoms with Crippen LogP contribution in [0.25, 0.3) is 10.6 Å². The number of anilines is 1.